The molecule has 4 fully saturated rings. The summed E-state index contributed by atoms with van der Waals surface area (Å²) in [4.78, 5) is 100. The third-order valence-corrected chi connectivity index (χ3v) is 21.0. The largest absolute Gasteiger partial charge is 0.474 e. The third-order valence-electron chi connectivity index (χ3n) is 20.0. The molecule has 582 valence electrons. The van der Waals surface area contributed by atoms with Crippen LogP contribution in [0.5, 0.6) is 5.88 Å². The summed E-state index contributed by atoms with van der Waals surface area (Å²) in [6.07, 6.45) is 8.18. The zero-order valence-corrected chi connectivity index (χ0v) is 64.7. The fourth-order valence-electron chi connectivity index (χ4n) is 13.8. The first-order chi connectivity index (χ1) is 52.7. The first-order valence-electron chi connectivity index (χ1n) is 36.7. The van der Waals surface area contributed by atoms with Crippen LogP contribution in [-0.2, 0) is 0 Å². The van der Waals surface area contributed by atoms with Gasteiger partial charge in [0.2, 0.25) is 5.88 Å². The maximum Gasteiger partial charge on any atom is 0.319 e. The molecular weight excluding hydrogens is 1490 g/mol. The molecule has 7 aromatic carbocycles. The molecule has 7 amide bonds. The number of benzene rings is 7. The molecule has 0 spiro atoms. The second kappa shape index (κ2) is 37.7. The molecule has 13 N–H and O–H groups in total. The van der Waals surface area contributed by atoms with E-state index >= 15 is 0 Å². The Morgan fingerprint density at radius 2 is 0.748 bits per heavy atom. The quantitative estimate of drug-likeness (QED) is 0.0491. The van der Waals surface area contributed by atoms with Crippen molar-refractivity contribution in [3.63, 3.8) is 0 Å². The van der Waals surface area contributed by atoms with Gasteiger partial charge >= 0.3 is 6.03 Å². The lowest BCUT2D eigenvalue weighted by Gasteiger charge is -2.32. The Kier molecular flexibility index (Phi) is 27.5. The lowest BCUT2D eigenvalue weighted by molar-refractivity contribution is 0.0581. The van der Waals surface area contributed by atoms with Crippen molar-refractivity contribution in [1.82, 2.24) is 60.6 Å². The van der Waals surface area contributed by atoms with Gasteiger partial charge in [0.1, 0.15) is 28.9 Å². The number of nitrogens with one attached hydrogen (secondary N) is 9. The zero-order chi connectivity index (χ0) is 76.1. The maximum absolute atomic E-state index is 12.8. The van der Waals surface area contributed by atoms with E-state index in [9.17, 15) is 28.8 Å². The number of urea groups is 1. The van der Waals surface area contributed by atoms with Crippen molar-refractivity contribution in [2.45, 2.75) is 96.4 Å². The number of carbonyl (C=O) groups excluding carboxylic acids is 6. The molecule has 0 aliphatic carbocycles. The number of aryl methyl sites for hydroxylation is 3. The van der Waals surface area contributed by atoms with Crippen LogP contribution in [-0.4, -0.2) is 168 Å². The number of ether oxygens (including phenoxy) is 1. The van der Waals surface area contributed by atoms with Gasteiger partial charge in [-0.3, -0.25) is 24.0 Å². The molecule has 0 saturated carbocycles. The fraction of sp³-hybridized carbons (Fsp3) is 0.274. The van der Waals surface area contributed by atoms with Gasteiger partial charge in [-0.25, -0.2) is 15.2 Å². The highest BCUT2D eigenvalue weighted by molar-refractivity contribution is 6.32. The molecule has 111 heavy (non-hydrogen) atoms. The number of H-pyrrole nitrogens is 4. The molecule has 0 unspecified atom stereocenters. The van der Waals surface area contributed by atoms with Crippen LogP contribution in [0, 0.1) is 20.8 Å². The van der Waals surface area contributed by atoms with Gasteiger partial charge in [0.05, 0.1) is 0 Å². The van der Waals surface area contributed by atoms with Crippen molar-refractivity contribution in [2.24, 2.45) is 0 Å². The molecule has 23 nitrogen and oxygen atoms in total. The van der Waals surface area contributed by atoms with E-state index in [4.69, 9.17) is 51.1 Å². The predicted octanol–water partition coefficient (Wildman–Crippen LogP) is 15.8. The topological polar surface area (TPSA) is 324 Å². The Balaban J connectivity index is 0.000000171. The summed E-state index contributed by atoms with van der Waals surface area (Å²) in [5.74, 6) is 0.600. The van der Waals surface area contributed by atoms with Gasteiger partial charge in [-0.05, 0) is 199 Å². The number of nitrogens with zero attached hydrogens (tertiary/aromatic N) is 5. The Bertz CT molecular complexity index is 5190. The van der Waals surface area contributed by atoms with Crippen molar-refractivity contribution in [3.05, 3.63) is 259 Å². The molecule has 4 saturated heterocycles. The zero-order valence-electron chi connectivity index (χ0n) is 61.7. The summed E-state index contributed by atoms with van der Waals surface area (Å²) in [6, 6.07) is 59.0. The molecule has 0 atom stereocenters. The highest BCUT2D eigenvalue weighted by Crippen LogP contribution is 2.29. The van der Waals surface area contributed by atoms with E-state index < -0.39 is 0 Å². The second-order valence-electron chi connectivity index (χ2n) is 28.1. The van der Waals surface area contributed by atoms with Crippen LogP contribution < -0.4 is 31.5 Å². The first kappa shape index (κ1) is 81.1. The number of aromatic amines is 4. The number of hydrogen-bond donors (Lipinski definition) is 9. The Morgan fingerprint density at radius 3 is 1.12 bits per heavy atom. The summed E-state index contributed by atoms with van der Waals surface area (Å²) in [6.45, 7) is 11.3. The van der Waals surface area contributed by atoms with Gasteiger partial charge < -0.3 is 76.6 Å². The monoisotopic (exact) mass is 1580 g/mol. The highest BCUT2D eigenvalue weighted by atomic mass is 35.5. The summed E-state index contributed by atoms with van der Waals surface area (Å²) >= 11 is 24.1. The normalized spacial score (nSPS) is 14.8. The number of hydrogen-bond acceptors (Lipinski definition) is 10. The summed E-state index contributed by atoms with van der Waals surface area (Å²) < 4.78 is 5.88. The number of hydrazine groups is 1. The van der Waals surface area contributed by atoms with Gasteiger partial charge in [0.25, 0.3) is 29.5 Å². The minimum absolute atomic E-state index is 0. The number of aromatic nitrogens is 5. The van der Waals surface area contributed by atoms with Gasteiger partial charge in [0, 0.05) is 179 Å². The number of anilines is 2. The lowest BCUT2D eigenvalue weighted by atomic mass is 10.0. The number of amides is 7. The third kappa shape index (κ3) is 21.6. The fourth-order valence-corrected chi connectivity index (χ4v) is 14.5. The van der Waals surface area contributed by atoms with Crippen molar-refractivity contribution < 1.29 is 47.3 Å². The molecule has 27 heteroatoms. The van der Waals surface area contributed by atoms with Crippen LogP contribution in [0.15, 0.2) is 194 Å². The van der Waals surface area contributed by atoms with Crippen LogP contribution in [0.1, 0.15) is 123 Å². The smallest absolute Gasteiger partial charge is 0.319 e. The maximum atomic E-state index is 12.8. The van der Waals surface area contributed by atoms with E-state index in [2.05, 4.69) is 82.9 Å². The number of carbonyl (C=O) groups is 6. The number of likely N-dealkylation sites (tertiary alicyclic amines) is 4. The van der Waals surface area contributed by atoms with Gasteiger partial charge in [0.15, 0.2) is 0 Å². The van der Waals surface area contributed by atoms with Gasteiger partial charge in [-0.15, -0.1) is 0 Å². The first-order valence-corrected chi connectivity index (χ1v) is 38.2. The van der Waals surface area contributed by atoms with Crippen molar-refractivity contribution >= 4 is 137 Å². The van der Waals surface area contributed by atoms with E-state index in [0.717, 1.165) is 131 Å². The van der Waals surface area contributed by atoms with E-state index in [0.29, 0.717) is 99.6 Å². The van der Waals surface area contributed by atoms with E-state index in [1.807, 2.05) is 185 Å². The Morgan fingerprint density at radius 1 is 0.405 bits per heavy atom. The van der Waals surface area contributed by atoms with Crippen LogP contribution in [0.3, 0.4) is 0 Å². The molecule has 0 radical (unpaired) electrons. The molecule has 0 bridgehead atoms. The lowest BCUT2D eigenvalue weighted by Crippen LogP contribution is -2.47. The average molecular weight is 1590 g/mol. The van der Waals surface area contributed by atoms with Crippen LogP contribution in [0.2, 0.25) is 20.1 Å². The van der Waals surface area contributed by atoms with E-state index in [1.165, 1.54) is 5.56 Å². The van der Waals surface area contributed by atoms with Crippen molar-refractivity contribution in [3.8, 4) is 5.88 Å². The molecule has 16 rings (SSSR count). The molecule has 12 aromatic rings. The summed E-state index contributed by atoms with van der Waals surface area (Å²) in [5, 5.41) is 15.3. The van der Waals surface area contributed by atoms with E-state index in [1.54, 1.807) is 18.3 Å². The van der Waals surface area contributed by atoms with Crippen LogP contribution in [0.4, 0.5) is 16.2 Å². The number of fused-ring (bicyclic) bond motifs is 4. The average Bonchev–Trinajstić information content (AvgIpc) is 1.69. The summed E-state index contributed by atoms with van der Waals surface area (Å²) in [5.41, 5.74) is 18.6. The highest BCUT2D eigenvalue weighted by Gasteiger charge is 2.30. The molecule has 9 heterocycles. The molecule has 4 aliphatic heterocycles. The Hall–Kier alpha value is -10.9. The minimum atomic E-state index is -0.217. The molecular formula is C84H94Cl4N14O9. The van der Waals surface area contributed by atoms with E-state index in [-0.39, 0.29) is 67.6 Å². The van der Waals surface area contributed by atoms with Crippen molar-refractivity contribution in [1.29, 1.82) is 0 Å². The van der Waals surface area contributed by atoms with Crippen LogP contribution in [0.25, 0.3) is 43.6 Å². The summed E-state index contributed by atoms with van der Waals surface area (Å²) in [7, 11) is 0. The van der Waals surface area contributed by atoms with Gasteiger partial charge in [-0.2, -0.15) is 0 Å². The number of rotatable bonds is 13. The molecule has 4 aliphatic rings. The number of pyridine rings is 1. The molecule has 5 aromatic heterocycles. The van der Waals surface area contributed by atoms with Crippen molar-refractivity contribution in [2.75, 3.05) is 63.1 Å². The number of piperidine rings is 4. The SMILES string of the molecule is Cc1ccc(C(=O)NC2CCN(C(=O)c3cc4cc(Cl)ccc4[nH]3)CC2)cc1.Cc1ccc(NC(=O)NC2CCN(C(=O)c3cc4cc(Cl)ccc4[nH]3)CC2)cc1.Cc1ccc(NNC2CCN(C(=O)c3cc4cc(Cl)ccc4[nH]3)CC2)cc1.O.O.O=C(c1cc2cc(Cl)ccc2[nH]1)N1CCC(Oc2ccccn2)CC1.[HH].[HH]. The standard InChI is InChI=1S/C22H23ClN4O2.C22H22ClN3O2.C21H23ClN4O.C19H18ClN3O2.2H2O.2H2/c1-14-2-5-17(6-3-14)24-22(29)25-18-8-10-27(11-9-18)21(28)20-13-15-12-16(23)4-7-19(15)26-20;1-14-2-4-15(5-3-14)21(27)24-18-8-10-26(11-9-18)22(28)20-13-16-12-17(23)6-7-19(16)25-20;1-14-2-5-17(6-3-14)24-25-18-8-10-26(11-9-18)21(27)20-13-15-12-16(22)4-7-19(15)23-20;20-14-4-5-16-13(11-14)12-17(22-16)19(24)23-9-6-15(7-10-23)25-18-3-1-2-8-21-18;;;;/h2-7,12-13,18,26H,8-11H2,1H3,(H2,24,25,29);2-7,12-13,18,25H,8-11H2,1H3,(H,24,27);2-7,12-13,18,23-25H,8-11H2,1H3;1-5,8,11-12,15,22H,6-7,9-10H2;2*1H2;2*1H. The predicted molar refractivity (Wildman–Crippen MR) is 445 cm³/mol. The Labute approximate surface area is 665 Å². The minimum Gasteiger partial charge on any atom is -0.474 e. The number of halogens is 4. The second-order valence-corrected chi connectivity index (χ2v) is 29.8. The van der Waals surface area contributed by atoms with Gasteiger partial charge in [-0.1, -0.05) is 106 Å². The van der Waals surface area contributed by atoms with Crippen LogP contribution >= 0.6 is 46.4 Å².